The van der Waals surface area contributed by atoms with E-state index in [0.717, 1.165) is 0 Å². The molecule has 6 heteroatoms. The SMILES string of the molecule is Cc1cc(C(=O)NC(c2ccccc2F)C(C)O)no1. The van der Waals surface area contributed by atoms with Gasteiger partial charge in [-0.15, -0.1) is 0 Å². The number of hydrogen-bond acceptors (Lipinski definition) is 4. The van der Waals surface area contributed by atoms with E-state index in [9.17, 15) is 14.3 Å². The summed E-state index contributed by atoms with van der Waals surface area (Å²) >= 11 is 0. The molecule has 2 unspecified atom stereocenters. The Balaban J connectivity index is 2.23. The standard InChI is InChI=1S/C14H15FN2O3/c1-8-7-12(17-20-8)14(19)16-13(9(2)18)10-5-3-4-6-11(10)15/h3-7,9,13,18H,1-2H3,(H,16,19). The molecule has 0 aliphatic heterocycles. The number of nitrogens with zero attached hydrogens (tertiary/aromatic N) is 1. The number of aryl methyl sites for hydroxylation is 1. The molecule has 1 amide bonds. The average molecular weight is 278 g/mol. The zero-order valence-corrected chi connectivity index (χ0v) is 11.1. The van der Waals surface area contributed by atoms with Crippen molar-refractivity contribution in [3.8, 4) is 0 Å². The molecular formula is C14H15FN2O3. The van der Waals surface area contributed by atoms with Crippen LogP contribution in [0.2, 0.25) is 0 Å². The van der Waals surface area contributed by atoms with Gasteiger partial charge in [0.15, 0.2) is 5.69 Å². The van der Waals surface area contributed by atoms with E-state index >= 15 is 0 Å². The van der Waals surface area contributed by atoms with E-state index in [2.05, 4.69) is 10.5 Å². The maximum atomic E-state index is 13.8. The minimum absolute atomic E-state index is 0.0875. The molecule has 0 radical (unpaired) electrons. The summed E-state index contributed by atoms with van der Waals surface area (Å²) in [5.74, 6) is -0.527. The molecule has 5 nitrogen and oxygen atoms in total. The Bertz CT molecular complexity index is 610. The zero-order chi connectivity index (χ0) is 14.7. The van der Waals surface area contributed by atoms with Crippen molar-refractivity contribution in [1.82, 2.24) is 10.5 Å². The molecule has 0 aliphatic rings. The van der Waals surface area contributed by atoms with E-state index in [1.54, 1.807) is 19.1 Å². The van der Waals surface area contributed by atoms with E-state index in [0.29, 0.717) is 5.76 Å². The molecule has 106 valence electrons. The number of nitrogens with one attached hydrogen (secondary N) is 1. The normalized spacial score (nSPS) is 13.8. The van der Waals surface area contributed by atoms with Crippen molar-refractivity contribution < 1.29 is 18.8 Å². The summed E-state index contributed by atoms with van der Waals surface area (Å²) < 4.78 is 18.6. The third kappa shape index (κ3) is 3.03. The van der Waals surface area contributed by atoms with E-state index in [1.807, 2.05) is 0 Å². The van der Waals surface area contributed by atoms with Crippen LogP contribution >= 0.6 is 0 Å². The molecule has 1 heterocycles. The first-order valence-electron chi connectivity index (χ1n) is 6.15. The van der Waals surface area contributed by atoms with Crippen molar-refractivity contribution in [3.63, 3.8) is 0 Å². The van der Waals surface area contributed by atoms with Gasteiger partial charge in [0.05, 0.1) is 12.1 Å². The van der Waals surface area contributed by atoms with Crippen molar-refractivity contribution >= 4 is 5.91 Å². The van der Waals surface area contributed by atoms with E-state index in [4.69, 9.17) is 4.52 Å². The minimum atomic E-state index is -0.955. The van der Waals surface area contributed by atoms with Crippen LogP contribution in [0.3, 0.4) is 0 Å². The van der Waals surface area contributed by atoms with Crippen LogP contribution < -0.4 is 5.32 Å². The van der Waals surface area contributed by atoms with Gasteiger partial charge in [-0.05, 0) is 19.9 Å². The smallest absolute Gasteiger partial charge is 0.274 e. The molecule has 1 aromatic carbocycles. The molecular weight excluding hydrogens is 263 g/mol. The van der Waals surface area contributed by atoms with Gasteiger partial charge in [0, 0.05) is 11.6 Å². The molecule has 0 fully saturated rings. The second-order valence-corrected chi connectivity index (χ2v) is 4.54. The third-order valence-corrected chi connectivity index (χ3v) is 2.87. The fraction of sp³-hybridized carbons (Fsp3) is 0.286. The van der Waals surface area contributed by atoms with E-state index < -0.39 is 23.9 Å². The number of hydrogen-bond donors (Lipinski definition) is 2. The Hall–Kier alpha value is -2.21. The highest BCUT2D eigenvalue weighted by atomic mass is 19.1. The summed E-state index contributed by atoms with van der Waals surface area (Å²) in [4.78, 5) is 12.0. The first kappa shape index (κ1) is 14.2. The zero-order valence-electron chi connectivity index (χ0n) is 11.1. The quantitative estimate of drug-likeness (QED) is 0.896. The maximum Gasteiger partial charge on any atom is 0.274 e. The Morgan fingerprint density at radius 2 is 2.15 bits per heavy atom. The maximum absolute atomic E-state index is 13.8. The highest BCUT2D eigenvalue weighted by molar-refractivity contribution is 5.92. The molecule has 0 bridgehead atoms. The van der Waals surface area contributed by atoms with E-state index in [1.165, 1.54) is 25.1 Å². The summed E-state index contributed by atoms with van der Waals surface area (Å²) in [6, 6.07) is 6.58. The Morgan fingerprint density at radius 3 is 2.70 bits per heavy atom. The molecule has 2 atom stereocenters. The summed E-state index contributed by atoms with van der Waals surface area (Å²) in [5, 5.41) is 15.9. The number of benzene rings is 1. The summed E-state index contributed by atoms with van der Waals surface area (Å²) in [6.07, 6.45) is -0.955. The molecule has 0 saturated carbocycles. The van der Waals surface area contributed by atoms with Gasteiger partial charge in [-0.3, -0.25) is 4.79 Å². The topological polar surface area (TPSA) is 75.4 Å². The number of aliphatic hydroxyl groups excluding tert-OH is 1. The minimum Gasteiger partial charge on any atom is -0.391 e. The van der Waals surface area contributed by atoms with Crippen LogP contribution in [0.5, 0.6) is 0 Å². The second kappa shape index (κ2) is 5.83. The first-order valence-corrected chi connectivity index (χ1v) is 6.15. The van der Waals surface area contributed by atoms with Gasteiger partial charge in [0.1, 0.15) is 11.6 Å². The Kier molecular flexibility index (Phi) is 4.14. The van der Waals surface area contributed by atoms with Gasteiger partial charge in [-0.2, -0.15) is 0 Å². The molecule has 0 spiro atoms. The lowest BCUT2D eigenvalue weighted by Crippen LogP contribution is -2.35. The second-order valence-electron chi connectivity index (χ2n) is 4.54. The van der Waals surface area contributed by atoms with Crippen LogP contribution in [0.4, 0.5) is 4.39 Å². The monoisotopic (exact) mass is 278 g/mol. The number of carbonyl (C=O) groups is 1. The lowest BCUT2D eigenvalue weighted by Gasteiger charge is -2.21. The van der Waals surface area contributed by atoms with Gasteiger partial charge >= 0.3 is 0 Å². The Labute approximate surface area is 115 Å². The largest absolute Gasteiger partial charge is 0.391 e. The summed E-state index contributed by atoms with van der Waals surface area (Å²) in [5.41, 5.74) is 0.306. The molecule has 0 saturated heterocycles. The number of carbonyl (C=O) groups excluding carboxylic acids is 1. The molecule has 1 aromatic heterocycles. The lowest BCUT2D eigenvalue weighted by molar-refractivity contribution is 0.0846. The summed E-state index contributed by atoms with van der Waals surface area (Å²) in [7, 11) is 0. The highest BCUT2D eigenvalue weighted by Crippen LogP contribution is 2.20. The van der Waals surface area contributed by atoms with Crippen LogP contribution in [0.1, 0.15) is 34.8 Å². The molecule has 2 aromatic rings. The van der Waals surface area contributed by atoms with Gasteiger partial charge in [0.25, 0.3) is 5.91 Å². The highest BCUT2D eigenvalue weighted by Gasteiger charge is 2.24. The molecule has 2 rings (SSSR count). The fourth-order valence-electron chi connectivity index (χ4n) is 1.87. The van der Waals surface area contributed by atoms with Gasteiger partial charge in [0.2, 0.25) is 0 Å². The van der Waals surface area contributed by atoms with Crippen molar-refractivity contribution in [1.29, 1.82) is 0 Å². The van der Waals surface area contributed by atoms with Crippen LogP contribution in [0, 0.1) is 12.7 Å². The van der Waals surface area contributed by atoms with Gasteiger partial charge < -0.3 is 14.9 Å². The van der Waals surface area contributed by atoms with Crippen molar-refractivity contribution in [2.75, 3.05) is 0 Å². The van der Waals surface area contributed by atoms with E-state index in [-0.39, 0.29) is 11.3 Å². The number of halogens is 1. The number of aromatic nitrogens is 1. The predicted molar refractivity (Wildman–Crippen MR) is 69.5 cm³/mol. The predicted octanol–water partition coefficient (Wildman–Crippen LogP) is 1.97. The third-order valence-electron chi connectivity index (χ3n) is 2.87. The average Bonchev–Trinajstić information content (AvgIpc) is 2.83. The van der Waals surface area contributed by atoms with Crippen LogP contribution in [0.25, 0.3) is 0 Å². The lowest BCUT2D eigenvalue weighted by atomic mass is 10.0. The van der Waals surface area contributed by atoms with Crippen LogP contribution in [-0.2, 0) is 0 Å². The number of amides is 1. The molecule has 0 aliphatic carbocycles. The first-order chi connectivity index (χ1) is 9.49. The molecule has 2 N–H and O–H groups in total. The fourth-order valence-corrected chi connectivity index (χ4v) is 1.87. The van der Waals surface area contributed by atoms with Gasteiger partial charge in [-0.25, -0.2) is 4.39 Å². The van der Waals surface area contributed by atoms with Crippen molar-refractivity contribution in [3.05, 3.63) is 53.2 Å². The Morgan fingerprint density at radius 1 is 1.45 bits per heavy atom. The number of aliphatic hydroxyl groups is 1. The molecule has 20 heavy (non-hydrogen) atoms. The summed E-state index contributed by atoms with van der Waals surface area (Å²) in [6.45, 7) is 3.14. The van der Waals surface area contributed by atoms with Crippen LogP contribution in [-0.4, -0.2) is 22.3 Å². The van der Waals surface area contributed by atoms with Crippen LogP contribution in [0.15, 0.2) is 34.9 Å². The number of rotatable bonds is 4. The van der Waals surface area contributed by atoms with Crippen molar-refractivity contribution in [2.45, 2.75) is 26.0 Å². The van der Waals surface area contributed by atoms with Gasteiger partial charge in [-0.1, -0.05) is 23.4 Å². The van der Waals surface area contributed by atoms with Crippen molar-refractivity contribution in [2.24, 2.45) is 0 Å².